The van der Waals surface area contributed by atoms with Crippen molar-refractivity contribution in [3.63, 3.8) is 0 Å². The van der Waals surface area contributed by atoms with Gasteiger partial charge in [0.15, 0.2) is 0 Å². The van der Waals surface area contributed by atoms with E-state index in [2.05, 4.69) is 37.9 Å². The van der Waals surface area contributed by atoms with Crippen LogP contribution in [-0.4, -0.2) is 36.6 Å². The van der Waals surface area contributed by atoms with Crippen LogP contribution >= 0.6 is 0 Å². The maximum Gasteiger partial charge on any atom is 0.0110 e. The van der Waals surface area contributed by atoms with E-state index in [0.29, 0.717) is 6.04 Å². The predicted octanol–water partition coefficient (Wildman–Crippen LogP) is 2.49. The first kappa shape index (κ1) is 13.0. The molecule has 1 fully saturated rings. The number of nitrogens with zero attached hydrogens (tertiary/aromatic N) is 1. The fourth-order valence-corrected chi connectivity index (χ4v) is 2.34. The van der Waals surface area contributed by atoms with Gasteiger partial charge in [-0.25, -0.2) is 0 Å². The molecule has 0 radical (unpaired) electrons. The molecule has 0 aromatic carbocycles. The lowest BCUT2D eigenvalue weighted by atomic mass is 9.92. The summed E-state index contributed by atoms with van der Waals surface area (Å²) in [7, 11) is 0. The molecule has 2 heteroatoms. The highest BCUT2D eigenvalue weighted by molar-refractivity contribution is 4.79. The van der Waals surface area contributed by atoms with E-state index in [4.69, 9.17) is 0 Å². The first-order valence-electron chi connectivity index (χ1n) is 6.62. The summed E-state index contributed by atoms with van der Waals surface area (Å²) in [4.78, 5) is 2.64. The second-order valence-corrected chi connectivity index (χ2v) is 5.16. The van der Waals surface area contributed by atoms with Gasteiger partial charge in [0.25, 0.3) is 0 Å². The Hall–Kier alpha value is -0.0800. The van der Waals surface area contributed by atoms with Gasteiger partial charge in [0.1, 0.15) is 0 Å². The highest BCUT2D eigenvalue weighted by atomic mass is 15.2. The van der Waals surface area contributed by atoms with Crippen molar-refractivity contribution in [3.8, 4) is 0 Å². The second-order valence-electron chi connectivity index (χ2n) is 5.16. The van der Waals surface area contributed by atoms with E-state index in [9.17, 15) is 0 Å². The van der Waals surface area contributed by atoms with Gasteiger partial charge in [-0.15, -0.1) is 0 Å². The third-order valence-electron chi connectivity index (χ3n) is 4.01. The Morgan fingerprint density at radius 2 is 2.13 bits per heavy atom. The molecule has 3 atom stereocenters. The van der Waals surface area contributed by atoms with Crippen LogP contribution < -0.4 is 5.32 Å². The maximum absolute atomic E-state index is 3.57. The van der Waals surface area contributed by atoms with Gasteiger partial charge in [0.05, 0.1) is 0 Å². The van der Waals surface area contributed by atoms with E-state index >= 15 is 0 Å². The molecule has 1 saturated heterocycles. The highest BCUT2D eigenvalue weighted by Crippen LogP contribution is 2.21. The summed E-state index contributed by atoms with van der Waals surface area (Å²) >= 11 is 0. The quantitative estimate of drug-likeness (QED) is 0.753. The molecule has 0 aromatic rings. The zero-order valence-electron chi connectivity index (χ0n) is 10.9. The number of hydrogen-bond donors (Lipinski definition) is 1. The average Bonchev–Trinajstić information content (AvgIpc) is 2.24. The van der Waals surface area contributed by atoms with Crippen molar-refractivity contribution in [2.24, 2.45) is 5.92 Å². The second kappa shape index (κ2) is 6.49. The Kier molecular flexibility index (Phi) is 5.62. The van der Waals surface area contributed by atoms with Gasteiger partial charge in [0, 0.05) is 25.2 Å². The van der Waals surface area contributed by atoms with Crippen molar-refractivity contribution in [1.29, 1.82) is 0 Å². The summed E-state index contributed by atoms with van der Waals surface area (Å²) in [6, 6.07) is 1.44. The number of likely N-dealkylation sites (tertiary alicyclic amines) is 1. The van der Waals surface area contributed by atoms with Crippen LogP contribution in [0.3, 0.4) is 0 Å². The van der Waals surface area contributed by atoms with Gasteiger partial charge in [-0.3, -0.25) is 4.90 Å². The zero-order chi connectivity index (χ0) is 11.3. The molecule has 0 aromatic heterocycles. The molecule has 1 aliphatic rings. The van der Waals surface area contributed by atoms with Crippen LogP contribution in [-0.2, 0) is 0 Å². The number of nitrogens with one attached hydrogen (secondary N) is 1. The van der Waals surface area contributed by atoms with Gasteiger partial charge in [-0.1, -0.05) is 13.8 Å². The van der Waals surface area contributed by atoms with Crippen molar-refractivity contribution in [2.45, 2.75) is 59.0 Å². The van der Waals surface area contributed by atoms with Crippen LogP contribution in [0.2, 0.25) is 0 Å². The lowest BCUT2D eigenvalue weighted by Crippen LogP contribution is -2.46. The smallest absolute Gasteiger partial charge is 0.0110 e. The molecule has 0 amide bonds. The van der Waals surface area contributed by atoms with E-state index in [-0.39, 0.29) is 0 Å². The molecule has 90 valence electrons. The first-order chi connectivity index (χ1) is 7.15. The highest BCUT2D eigenvalue weighted by Gasteiger charge is 2.23. The minimum absolute atomic E-state index is 0.669. The summed E-state index contributed by atoms with van der Waals surface area (Å²) in [5.41, 5.74) is 0. The zero-order valence-corrected chi connectivity index (χ0v) is 10.9. The molecule has 0 aliphatic carbocycles. The molecule has 1 heterocycles. The largest absolute Gasteiger partial charge is 0.313 e. The van der Waals surface area contributed by atoms with E-state index in [0.717, 1.165) is 18.5 Å². The Morgan fingerprint density at radius 3 is 2.80 bits per heavy atom. The maximum atomic E-state index is 3.57. The molecule has 1 aliphatic heterocycles. The van der Waals surface area contributed by atoms with E-state index in [1.807, 2.05) is 0 Å². The number of hydrogen-bond acceptors (Lipinski definition) is 2. The van der Waals surface area contributed by atoms with Crippen LogP contribution in [0.15, 0.2) is 0 Å². The molecule has 15 heavy (non-hydrogen) atoms. The SMILES string of the molecule is CCC(C)NCCN1CCCC(C)C1C. The number of piperidine rings is 1. The van der Waals surface area contributed by atoms with Gasteiger partial charge in [-0.05, 0) is 45.6 Å². The lowest BCUT2D eigenvalue weighted by Gasteiger charge is -2.38. The van der Waals surface area contributed by atoms with E-state index in [1.165, 1.54) is 32.4 Å². The third kappa shape index (κ3) is 4.12. The Balaban J connectivity index is 2.19. The van der Waals surface area contributed by atoms with Gasteiger partial charge < -0.3 is 5.32 Å². The van der Waals surface area contributed by atoms with Crippen molar-refractivity contribution >= 4 is 0 Å². The summed E-state index contributed by atoms with van der Waals surface area (Å²) in [5.74, 6) is 0.877. The fraction of sp³-hybridized carbons (Fsp3) is 1.00. The first-order valence-corrected chi connectivity index (χ1v) is 6.62. The molecule has 3 unspecified atom stereocenters. The molecule has 2 nitrogen and oxygen atoms in total. The van der Waals surface area contributed by atoms with Crippen molar-refractivity contribution in [1.82, 2.24) is 10.2 Å². The van der Waals surface area contributed by atoms with Crippen molar-refractivity contribution in [2.75, 3.05) is 19.6 Å². The lowest BCUT2D eigenvalue weighted by molar-refractivity contribution is 0.114. The standard InChI is InChI=1S/C13H28N2/c1-5-12(3)14-8-10-15-9-6-7-11(2)13(15)4/h11-14H,5-10H2,1-4H3. The Bertz CT molecular complexity index is 170. The molecule has 0 saturated carbocycles. The summed E-state index contributed by atoms with van der Waals surface area (Å²) < 4.78 is 0. The predicted molar refractivity (Wildman–Crippen MR) is 67.2 cm³/mol. The average molecular weight is 212 g/mol. The minimum Gasteiger partial charge on any atom is -0.313 e. The Labute approximate surface area is 95.4 Å². The summed E-state index contributed by atoms with van der Waals surface area (Å²) in [5, 5.41) is 3.57. The van der Waals surface area contributed by atoms with Crippen LogP contribution in [0.25, 0.3) is 0 Å². The van der Waals surface area contributed by atoms with Crippen LogP contribution in [0.4, 0.5) is 0 Å². The van der Waals surface area contributed by atoms with Crippen molar-refractivity contribution < 1.29 is 0 Å². The summed E-state index contributed by atoms with van der Waals surface area (Å²) in [6.45, 7) is 12.9. The normalized spacial score (nSPS) is 30.4. The molecular formula is C13H28N2. The number of rotatable bonds is 5. The van der Waals surface area contributed by atoms with E-state index in [1.54, 1.807) is 0 Å². The van der Waals surface area contributed by atoms with Crippen LogP contribution in [0.5, 0.6) is 0 Å². The Morgan fingerprint density at radius 1 is 1.40 bits per heavy atom. The fourth-order valence-electron chi connectivity index (χ4n) is 2.34. The third-order valence-corrected chi connectivity index (χ3v) is 4.01. The molecule has 0 spiro atoms. The van der Waals surface area contributed by atoms with Crippen LogP contribution in [0, 0.1) is 5.92 Å². The minimum atomic E-state index is 0.669. The molecule has 1 N–H and O–H groups in total. The topological polar surface area (TPSA) is 15.3 Å². The van der Waals surface area contributed by atoms with Crippen molar-refractivity contribution in [3.05, 3.63) is 0 Å². The van der Waals surface area contributed by atoms with E-state index < -0.39 is 0 Å². The molecule has 1 rings (SSSR count). The van der Waals surface area contributed by atoms with Crippen LogP contribution in [0.1, 0.15) is 47.0 Å². The monoisotopic (exact) mass is 212 g/mol. The van der Waals surface area contributed by atoms with Gasteiger partial charge in [-0.2, -0.15) is 0 Å². The molecule has 0 bridgehead atoms. The van der Waals surface area contributed by atoms with Gasteiger partial charge in [0.2, 0.25) is 0 Å². The summed E-state index contributed by atoms with van der Waals surface area (Å²) in [6.07, 6.45) is 4.03. The van der Waals surface area contributed by atoms with Gasteiger partial charge >= 0.3 is 0 Å². The molecular weight excluding hydrogens is 184 g/mol.